The van der Waals surface area contributed by atoms with Crippen molar-refractivity contribution in [2.75, 3.05) is 13.2 Å². The van der Waals surface area contributed by atoms with Gasteiger partial charge in [0.1, 0.15) is 0 Å². The zero-order chi connectivity index (χ0) is 11.5. The van der Waals surface area contributed by atoms with Crippen molar-refractivity contribution >= 4 is 11.8 Å². The second kappa shape index (κ2) is 4.78. The highest BCUT2D eigenvalue weighted by Crippen LogP contribution is 2.18. The molecule has 0 aliphatic carbocycles. The molecule has 4 heteroatoms. The molecule has 1 atom stereocenters. The first-order valence-electron chi connectivity index (χ1n) is 5.84. The van der Waals surface area contributed by atoms with Gasteiger partial charge in [0.2, 0.25) is 0 Å². The molecule has 0 spiro atoms. The number of hydrogen-bond acceptors (Lipinski definition) is 3. The van der Waals surface area contributed by atoms with E-state index in [1.165, 1.54) is 17.4 Å². The number of carbonyl (C=O) groups excluding carboxylic acids is 2. The molecule has 0 aromatic carbocycles. The number of ether oxygens (including phenoxy) is 1. The van der Waals surface area contributed by atoms with Gasteiger partial charge in [0.05, 0.1) is 6.10 Å². The van der Waals surface area contributed by atoms with E-state index in [0.29, 0.717) is 12.1 Å². The fraction of sp³-hybridized carbons (Fsp3) is 0.667. The van der Waals surface area contributed by atoms with Crippen LogP contribution in [0, 0.1) is 0 Å². The summed E-state index contributed by atoms with van der Waals surface area (Å²) >= 11 is 0. The normalized spacial score (nSPS) is 26.2. The van der Waals surface area contributed by atoms with Crippen molar-refractivity contribution in [2.24, 2.45) is 0 Å². The van der Waals surface area contributed by atoms with E-state index in [9.17, 15) is 9.59 Å². The van der Waals surface area contributed by atoms with Crippen molar-refractivity contribution in [3.05, 3.63) is 11.6 Å². The lowest BCUT2D eigenvalue weighted by molar-refractivity contribution is -0.137. The largest absolute Gasteiger partial charge is 0.378 e. The summed E-state index contributed by atoms with van der Waals surface area (Å²) in [5.41, 5.74) is 0.537. The molecule has 1 fully saturated rings. The molecule has 0 saturated carbocycles. The minimum absolute atomic E-state index is 0.152. The first kappa shape index (κ1) is 11.3. The van der Waals surface area contributed by atoms with Gasteiger partial charge >= 0.3 is 0 Å². The standard InChI is InChI=1S/C12H17NO3/c1-9-8-11(14)13(12(9)15)6-5-10-4-2-3-7-16-10/h8,10H,2-7H2,1H3. The van der Waals surface area contributed by atoms with Crippen LogP contribution >= 0.6 is 0 Å². The Hall–Kier alpha value is -1.16. The maximum atomic E-state index is 11.6. The fourth-order valence-electron chi connectivity index (χ4n) is 2.16. The minimum atomic E-state index is -0.182. The van der Waals surface area contributed by atoms with Crippen LogP contribution < -0.4 is 0 Å². The predicted molar refractivity (Wildman–Crippen MR) is 58.7 cm³/mol. The molecule has 2 heterocycles. The first-order valence-corrected chi connectivity index (χ1v) is 5.84. The molecule has 1 unspecified atom stereocenters. The predicted octanol–water partition coefficient (Wildman–Crippen LogP) is 1.26. The van der Waals surface area contributed by atoms with E-state index in [2.05, 4.69) is 0 Å². The van der Waals surface area contributed by atoms with E-state index in [1.54, 1.807) is 6.92 Å². The molecular weight excluding hydrogens is 206 g/mol. The summed E-state index contributed by atoms with van der Waals surface area (Å²) in [7, 11) is 0. The third kappa shape index (κ3) is 2.32. The summed E-state index contributed by atoms with van der Waals surface area (Å²) < 4.78 is 5.57. The van der Waals surface area contributed by atoms with Crippen molar-refractivity contribution in [1.29, 1.82) is 0 Å². The average Bonchev–Trinajstić information content (AvgIpc) is 2.53. The molecule has 1 saturated heterocycles. The maximum Gasteiger partial charge on any atom is 0.256 e. The maximum absolute atomic E-state index is 11.6. The fourth-order valence-corrected chi connectivity index (χ4v) is 2.16. The Morgan fingerprint density at radius 2 is 2.25 bits per heavy atom. The van der Waals surface area contributed by atoms with Gasteiger partial charge in [-0.2, -0.15) is 0 Å². The Bertz CT molecular complexity index is 329. The van der Waals surface area contributed by atoms with E-state index in [4.69, 9.17) is 4.74 Å². The Balaban J connectivity index is 1.82. The van der Waals surface area contributed by atoms with Gasteiger partial charge in [0.15, 0.2) is 0 Å². The van der Waals surface area contributed by atoms with Crippen molar-refractivity contribution in [2.45, 2.75) is 38.7 Å². The highest BCUT2D eigenvalue weighted by Gasteiger charge is 2.28. The zero-order valence-corrected chi connectivity index (χ0v) is 9.57. The van der Waals surface area contributed by atoms with Crippen molar-refractivity contribution in [1.82, 2.24) is 4.90 Å². The molecule has 2 rings (SSSR count). The Morgan fingerprint density at radius 3 is 2.81 bits per heavy atom. The van der Waals surface area contributed by atoms with Gasteiger partial charge in [-0.3, -0.25) is 14.5 Å². The summed E-state index contributed by atoms with van der Waals surface area (Å²) in [6.45, 7) is 2.97. The van der Waals surface area contributed by atoms with Crippen LogP contribution in [0.2, 0.25) is 0 Å². The quantitative estimate of drug-likeness (QED) is 0.677. The lowest BCUT2D eigenvalue weighted by Gasteiger charge is -2.24. The number of amides is 2. The van der Waals surface area contributed by atoms with Crippen LogP contribution in [0.1, 0.15) is 32.6 Å². The van der Waals surface area contributed by atoms with Gasteiger partial charge in [-0.15, -0.1) is 0 Å². The molecule has 0 aromatic heterocycles. The molecule has 0 aromatic rings. The molecule has 16 heavy (non-hydrogen) atoms. The summed E-state index contributed by atoms with van der Waals surface area (Å²) in [6, 6.07) is 0. The average molecular weight is 223 g/mol. The molecule has 88 valence electrons. The van der Waals surface area contributed by atoms with Crippen molar-refractivity contribution in [3.8, 4) is 0 Å². The van der Waals surface area contributed by atoms with Crippen LogP contribution in [-0.4, -0.2) is 36.0 Å². The van der Waals surface area contributed by atoms with Crippen LogP contribution in [0.5, 0.6) is 0 Å². The highest BCUT2D eigenvalue weighted by molar-refractivity contribution is 6.15. The highest BCUT2D eigenvalue weighted by atomic mass is 16.5. The third-order valence-corrected chi connectivity index (χ3v) is 3.14. The van der Waals surface area contributed by atoms with Gasteiger partial charge < -0.3 is 4.74 Å². The van der Waals surface area contributed by atoms with E-state index < -0.39 is 0 Å². The van der Waals surface area contributed by atoms with Crippen LogP contribution in [-0.2, 0) is 14.3 Å². The SMILES string of the molecule is CC1=CC(=O)N(CCC2CCCCO2)C1=O. The van der Waals surface area contributed by atoms with Gasteiger partial charge in [-0.25, -0.2) is 0 Å². The molecular formula is C12H17NO3. The lowest BCUT2D eigenvalue weighted by Crippen LogP contribution is -2.34. The molecule has 0 N–H and O–H groups in total. The van der Waals surface area contributed by atoms with E-state index >= 15 is 0 Å². The number of imide groups is 1. The monoisotopic (exact) mass is 223 g/mol. The van der Waals surface area contributed by atoms with E-state index in [-0.39, 0.29) is 17.9 Å². The molecule has 4 nitrogen and oxygen atoms in total. The second-order valence-corrected chi connectivity index (χ2v) is 4.40. The molecule has 2 aliphatic heterocycles. The van der Waals surface area contributed by atoms with Crippen molar-refractivity contribution < 1.29 is 14.3 Å². The lowest BCUT2D eigenvalue weighted by atomic mass is 10.1. The first-order chi connectivity index (χ1) is 7.68. The minimum Gasteiger partial charge on any atom is -0.378 e. The summed E-state index contributed by atoms with van der Waals surface area (Å²) in [5, 5.41) is 0. The third-order valence-electron chi connectivity index (χ3n) is 3.14. The van der Waals surface area contributed by atoms with Crippen LogP contribution in [0.4, 0.5) is 0 Å². The van der Waals surface area contributed by atoms with Gasteiger partial charge in [0.25, 0.3) is 11.8 Å². The number of rotatable bonds is 3. The topological polar surface area (TPSA) is 46.6 Å². The van der Waals surface area contributed by atoms with Crippen LogP contribution in [0.25, 0.3) is 0 Å². The molecule has 2 amide bonds. The van der Waals surface area contributed by atoms with Gasteiger partial charge in [-0.05, 0) is 32.6 Å². The smallest absolute Gasteiger partial charge is 0.256 e. The number of hydrogen-bond donors (Lipinski definition) is 0. The van der Waals surface area contributed by atoms with Crippen molar-refractivity contribution in [3.63, 3.8) is 0 Å². The molecule has 0 bridgehead atoms. The van der Waals surface area contributed by atoms with Crippen LogP contribution in [0.3, 0.4) is 0 Å². The van der Waals surface area contributed by atoms with Gasteiger partial charge in [0, 0.05) is 24.8 Å². The number of nitrogens with zero attached hydrogens (tertiary/aromatic N) is 1. The Labute approximate surface area is 95.2 Å². The van der Waals surface area contributed by atoms with E-state index in [1.807, 2.05) is 0 Å². The van der Waals surface area contributed by atoms with Crippen LogP contribution in [0.15, 0.2) is 11.6 Å². The Kier molecular flexibility index (Phi) is 3.39. The summed E-state index contributed by atoms with van der Waals surface area (Å²) in [5.74, 6) is -0.334. The Morgan fingerprint density at radius 1 is 1.44 bits per heavy atom. The molecule has 0 radical (unpaired) electrons. The zero-order valence-electron chi connectivity index (χ0n) is 9.57. The number of carbonyl (C=O) groups is 2. The second-order valence-electron chi connectivity index (χ2n) is 4.40. The summed E-state index contributed by atoms with van der Waals surface area (Å²) in [6.07, 6.45) is 5.74. The molecule has 2 aliphatic rings. The summed E-state index contributed by atoms with van der Waals surface area (Å²) in [4.78, 5) is 24.4. The van der Waals surface area contributed by atoms with Gasteiger partial charge in [-0.1, -0.05) is 0 Å². The van der Waals surface area contributed by atoms with E-state index in [0.717, 1.165) is 25.9 Å².